The van der Waals surface area contributed by atoms with Crippen LogP contribution in [0.25, 0.3) is 0 Å². The maximum atomic E-state index is 11.4. The summed E-state index contributed by atoms with van der Waals surface area (Å²) in [4.78, 5) is 15.4. The summed E-state index contributed by atoms with van der Waals surface area (Å²) in [5.41, 5.74) is 0. The van der Waals surface area contributed by atoms with E-state index in [2.05, 4.69) is 15.6 Å². The number of hydrogen-bond donors (Lipinski definition) is 2. The van der Waals surface area contributed by atoms with Gasteiger partial charge in [-0.1, -0.05) is 6.07 Å². The highest BCUT2D eigenvalue weighted by molar-refractivity contribution is 5.91. The quantitative estimate of drug-likeness (QED) is 0.754. The van der Waals surface area contributed by atoms with Crippen LogP contribution in [0, 0.1) is 5.92 Å². The summed E-state index contributed by atoms with van der Waals surface area (Å²) < 4.78 is 0. The third-order valence-electron chi connectivity index (χ3n) is 2.35. The zero-order valence-electron chi connectivity index (χ0n) is 8.57. The fourth-order valence-electron chi connectivity index (χ4n) is 1.34. The van der Waals surface area contributed by atoms with E-state index in [1.165, 1.54) is 12.8 Å². The molecule has 0 aliphatic heterocycles. The van der Waals surface area contributed by atoms with E-state index in [-0.39, 0.29) is 5.91 Å². The van der Waals surface area contributed by atoms with Crippen molar-refractivity contribution in [1.29, 1.82) is 0 Å². The summed E-state index contributed by atoms with van der Waals surface area (Å²) >= 11 is 0. The summed E-state index contributed by atoms with van der Waals surface area (Å²) in [6, 6.07) is 5.44. The van der Waals surface area contributed by atoms with Crippen molar-refractivity contribution in [3.8, 4) is 0 Å². The highest BCUT2D eigenvalue weighted by Crippen LogP contribution is 2.27. The van der Waals surface area contributed by atoms with Gasteiger partial charge in [0.05, 0.1) is 6.54 Å². The molecule has 0 atom stereocenters. The molecule has 4 nitrogen and oxygen atoms in total. The van der Waals surface area contributed by atoms with Crippen LogP contribution in [0.5, 0.6) is 0 Å². The summed E-state index contributed by atoms with van der Waals surface area (Å²) in [5.74, 6) is 1.37. The lowest BCUT2D eigenvalue weighted by atomic mass is 10.4. The second-order valence-corrected chi connectivity index (χ2v) is 3.84. The molecule has 1 amide bonds. The molecule has 1 aliphatic carbocycles. The summed E-state index contributed by atoms with van der Waals surface area (Å²) in [5, 5.41) is 5.85. The molecule has 1 heterocycles. The number of amides is 1. The van der Waals surface area contributed by atoms with Gasteiger partial charge in [0, 0.05) is 6.20 Å². The number of rotatable bonds is 5. The Balaban J connectivity index is 1.67. The van der Waals surface area contributed by atoms with Gasteiger partial charge in [-0.05, 0) is 37.4 Å². The van der Waals surface area contributed by atoms with E-state index in [1.807, 2.05) is 12.1 Å². The molecule has 0 bridgehead atoms. The van der Waals surface area contributed by atoms with E-state index in [9.17, 15) is 4.79 Å². The van der Waals surface area contributed by atoms with Gasteiger partial charge in [0.15, 0.2) is 0 Å². The Kier molecular flexibility index (Phi) is 3.29. The van der Waals surface area contributed by atoms with Gasteiger partial charge >= 0.3 is 0 Å². The molecule has 4 heteroatoms. The van der Waals surface area contributed by atoms with Crippen LogP contribution in [0.15, 0.2) is 24.4 Å². The molecule has 0 spiro atoms. The van der Waals surface area contributed by atoms with Crippen LogP contribution in [0.1, 0.15) is 12.8 Å². The van der Waals surface area contributed by atoms with Gasteiger partial charge in [-0.25, -0.2) is 4.98 Å². The third-order valence-corrected chi connectivity index (χ3v) is 2.35. The molecule has 1 aromatic rings. The van der Waals surface area contributed by atoms with Crippen molar-refractivity contribution >= 4 is 11.7 Å². The smallest absolute Gasteiger partial charge is 0.239 e. The van der Waals surface area contributed by atoms with E-state index >= 15 is 0 Å². The lowest BCUT2D eigenvalue weighted by Gasteiger charge is -2.04. The van der Waals surface area contributed by atoms with Crippen molar-refractivity contribution < 1.29 is 4.79 Å². The Morgan fingerprint density at radius 1 is 1.47 bits per heavy atom. The van der Waals surface area contributed by atoms with Gasteiger partial charge in [-0.2, -0.15) is 0 Å². The minimum Gasteiger partial charge on any atom is -0.310 e. The summed E-state index contributed by atoms with van der Waals surface area (Å²) in [6.45, 7) is 1.32. The molecule has 80 valence electrons. The molecule has 0 unspecified atom stereocenters. The molecule has 0 aromatic carbocycles. The van der Waals surface area contributed by atoms with Crippen molar-refractivity contribution in [3.63, 3.8) is 0 Å². The lowest BCUT2D eigenvalue weighted by Crippen LogP contribution is -2.29. The van der Waals surface area contributed by atoms with E-state index in [0.717, 1.165) is 12.5 Å². The van der Waals surface area contributed by atoms with Gasteiger partial charge in [0.2, 0.25) is 5.91 Å². The Morgan fingerprint density at radius 2 is 2.33 bits per heavy atom. The average Bonchev–Trinajstić information content (AvgIpc) is 3.03. The van der Waals surface area contributed by atoms with E-state index < -0.39 is 0 Å². The number of carbonyl (C=O) groups is 1. The summed E-state index contributed by atoms with van der Waals surface area (Å²) in [6.07, 6.45) is 4.26. The third kappa shape index (κ3) is 3.67. The van der Waals surface area contributed by atoms with E-state index in [1.54, 1.807) is 12.3 Å². The molecular weight excluding hydrogens is 190 g/mol. The van der Waals surface area contributed by atoms with Crippen LogP contribution in [0.3, 0.4) is 0 Å². The first-order valence-electron chi connectivity index (χ1n) is 5.26. The van der Waals surface area contributed by atoms with Gasteiger partial charge in [-0.3, -0.25) is 4.79 Å². The molecule has 1 fully saturated rings. The van der Waals surface area contributed by atoms with Crippen molar-refractivity contribution in [1.82, 2.24) is 10.3 Å². The van der Waals surface area contributed by atoms with Crippen LogP contribution in [-0.2, 0) is 4.79 Å². The highest BCUT2D eigenvalue weighted by atomic mass is 16.1. The van der Waals surface area contributed by atoms with Crippen molar-refractivity contribution in [3.05, 3.63) is 24.4 Å². The van der Waals surface area contributed by atoms with Gasteiger partial charge in [0.1, 0.15) is 5.82 Å². The number of aromatic nitrogens is 1. The standard InChI is InChI=1S/C11H15N3O/c15-11(8-12-7-9-4-5-9)14-10-3-1-2-6-13-10/h1-3,6,9,12H,4-5,7-8H2,(H,13,14,15). The fraction of sp³-hybridized carbons (Fsp3) is 0.455. The largest absolute Gasteiger partial charge is 0.310 e. The molecule has 1 aromatic heterocycles. The number of carbonyl (C=O) groups excluding carboxylic acids is 1. The monoisotopic (exact) mass is 205 g/mol. The lowest BCUT2D eigenvalue weighted by molar-refractivity contribution is -0.115. The SMILES string of the molecule is O=C(CNCC1CC1)Nc1ccccn1. The van der Waals surface area contributed by atoms with Crippen molar-refractivity contribution in [2.24, 2.45) is 5.92 Å². The predicted molar refractivity (Wildman–Crippen MR) is 58.5 cm³/mol. The number of nitrogens with zero attached hydrogens (tertiary/aromatic N) is 1. The minimum atomic E-state index is -0.0330. The molecule has 1 aliphatic rings. The molecule has 2 N–H and O–H groups in total. The number of anilines is 1. The van der Waals surface area contributed by atoms with Gasteiger partial charge in [0.25, 0.3) is 0 Å². The fourth-order valence-corrected chi connectivity index (χ4v) is 1.34. The van der Waals surface area contributed by atoms with Crippen LogP contribution in [0.4, 0.5) is 5.82 Å². The second kappa shape index (κ2) is 4.89. The van der Waals surface area contributed by atoms with Crippen LogP contribution in [0.2, 0.25) is 0 Å². The number of hydrogen-bond acceptors (Lipinski definition) is 3. The molecule has 0 radical (unpaired) electrons. The summed E-state index contributed by atoms with van der Waals surface area (Å²) in [7, 11) is 0. The predicted octanol–water partition coefficient (Wildman–Crippen LogP) is 1.02. The molecule has 1 saturated carbocycles. The van der Waals surface area contributed by atoms with Crippen LogP contribution in [-0.4, -0.2) is 24.0 Å². The first-order chi connectivity index (χ1) is 7.34. The molecular formula is C11H15N3O. The second-order valence-electron chi connectivity index (χ2n) is 3.84. The minimum absolute atomic E-state index is 0.0330. The molecule has 2 rings (SSSR count). The van der Waals surface area contributed by atoms with Crippen molar-refractivity contribution in [2.75, 3.05) is 18.4 Å². The maximum Gasteiger partial charge on any atom is 0.239 e. The first-order valence-corrected chi connectivity index (χ1v) is 5.26. The maximum absolute atomic E-state index is 11.4. The van der Waals surface area contributed by atoms with Gasteiger partial charge < -0.3 is 10.6 Å². The average molecular weight is 205 g/mol. The van der Waals surface area contributed by atoms with E-state index in [4.69, 9.17) is 0 Å². The van der Waals surface area contributed by atoms with E-state index in [0.29, 0.717) is 12.4 Å². The number of nitrogens with one attached hydrogen (secondary N) is 2. The number of pyridine rings is 1. The zero-order chi connectivity index (χ0) is 10.5. The Bertz CT molecular complexity index is 322. The Hall–Kier alpha value is -1.42. The molecule has 0 saturated heterocycles. The zero-order valence-corrected chi connectivity index (χ0v) is 8.57. The Morgan fingerprint density at radius 3 is 3.00 bits per heavy atom. The molecule has 15 heavy (non-hydrogen) atoms. The first kappa shape index (κ1) is 10.1. The normalized spacial score (nSPS) is 14.9. The van der Waals surface area contributed by atoms with Gasteiger partial charge in [-0.15, -0.1) is 0 Å². The topological polar surface area (TPSA) is 54.0 Å². The van der Waals surface area contributed by atoms with Crippen LogP contribution >= 0.6 is 0 Å². The Labute approximate surface area is 89.1 Å². The van der Waals surface area contributed by atoms with Crippen molar-refractivity contribution in [2.45, 2.75) is 12.8 Å². The highest BCUT2D eigenvalue weighted by Gasteiger charge is 2.20. The van der Waals surface area contributed by atoms with Crippen LogP contribution < -0.4 is 10.6 Å².